The largest absolute Gasteiger partial charge is 0.466 e. The van der Waals surface area contributed by atoms with Gasteiger partial charge in [-0.2, -0.15) is 12.6 Å². The Balaban J connectivity index is 3.52. The minimum atomic E-state index is -0.515. The van der Waals surface area contributed by atoms with Crippen molar-refractivity contribution < 1.29 is 66.5 Å². The van der Waals surface area contributed by atoms with E-state index in [2.05, 4.69) is 47.2 Å². The number of rotatable bonds is 44. The Kier molecular flexibility index (Phi) is 41.2. The van der Waals surface area contributed by atoms with Crippen LogP contribution in [0.25, 0.3) is 0 Å². The summed E-state index contributed by atoms with van der Waals surface area (Å²) in [5.74, 6) is 1.70. The fourth-order valence-electron chi connectivity index (χ4n) is 5.80. The van der Waals surface area contributed by atoms with Gasteiger partial charge in [-0.05, 0) is 30.1 Å². The van der Waals surface area contributed by atoms with Crippen molar-refractivity contribution in [3.63, 3.8) is 0 Å². The van der Waals surface area contributed by atoms with Crippen molar-refractivity contribution in [3.05, 3.63) is 0 Å². The van der Waals surface area contributed by atoms with E-state index < -0.39 is 17.9 Å². The van der Waals surface area contributed by atoms with Crippen molar-refractivity contribution in [2.45, 2.75) is 125 Å². The van der Waals surface area contributed by atoms with E-state index in [0.717, 1.165) is 30.6 Å². The molecule has 0 heterocycles. The zero-order valence-electron chi connectivity index (χ0n) is 37.4. The minimum Gasteiger partial charge on any atom is -0.466 e. The van der Waals surface area contributed by atoms with Gasteiger partial charge in [-0.25, -0.2) is 0 Å². The molecule has 0 aliphatic heterocycles. The molecule has 0 rings (SSSR count). The van der Waals surface area contributed by atoms with E-state index in [1.54, 1.807) is 0 Å². The van der Waals surface area contributed by atoms with Crippen LogP contribution < -0.4 is 0 Å². The summed E-state index contributed by atoms with van der Waals surface area (Å²) in [4.78, 5) is 47.6. The van der Waals surface area contributed by atoms with Gasteiger partial charge in [0, 0.05) is 5.75 Å². The molecule has 348 valence electrons. The summed E-state index contributed by atoms with van der Waals surface area (Å²) in [7, 11) is 0. The predicted octanol–water partition coefficient (Wildman–Crippen LogP) is 7.21. The lowest BCUT2D eigenvalue weighted by atomic mass is 9.91. The van der Waals surface area contributed by atoms with Gasteiger partial charge in [0.15, 0.2) is 0 Å². The van der Waals surface area contributed by atoms with E-state index in [0.29, 0.717) is 77.7 Å². The van der Waals surface area contributed by atoms with Crippen LogP contribution >= 0.6 is 12.6 Å². The average Bonchev–Trinajstić information content (AvgIpc) is 3.19. The lowest BCUT2D eigenvalue weighted by Crippen LogP contribution is -2.17. The molecule has 0 amide bonds. The number of hydrogen-bond acceptors (Lipinski definition) is 15. The molecule has 0 N–H and O–H groups in total. The lowest BCUT2D eigenvalue weighted by molar-refractivity contribution is -0.152. The van der Waals surface area contributed by atoms with Gasteiger partial charge in [0.25, 0.3) is 0 Å². The van der Waals surface area contributed by atoms with Crippen LogP contribution in [0.2, 0.25) is 0 Å². The average molecular weight is 867 g/mol. The van der Waals surface area contributed by atoms with Crippen LogP contribution in [0.1, 0.15) is 125 Å². The molecule has 0 aliphatic carbocycles. The Bertz CT molecular complexity index is 1000. The molecular formula is C44H82O14S. The SMILES string of the molecule is CC(C)CCC[C@@H](C)CCC[C@@H](C)CCC[C@H](C)CCOC(=O)CCC(=O)OCCOCCOCCOCCOC(=O)CCC(=O)OCCOCCOCCOCCS. The van der Waals surface area contributed by atoms with Crippen LogP contribution in [-0.4, -0.2) is 135 Å². The van der Waals surface area contributed by atoms with Crippen LogP contribution in [0.5, 0.6) is 0 Å². The van der Waals surface area contributed by atoms with Gasteiger partial charge in [0.05, 0.1) is 112 Å². The molecule has 0 aromatic rings. The monoisotopic (exact) mass is 867 g/mol. The Hall–Kier alpha value is -2.01. The van der Waals surface area contributed by atoms with Crippen LogP contribution in [0.4, 0.5) is 0 Å². The smallest absolute Gasteiger partial charge is 0.306 e. The summed E-state index contributed by atoms with van der Waals surface area (Å²) in [6.45, 7) is 16.5. The molecule has 0 saturated heterocycles. The van der Waals surface area contributed by atoms with Crippen molar-refractivity contribution in [3.8, 4) is 0 Å². The van der Waals surface area contributed by atoms with Gasteiger partial charge < -0.3 is 47.4 Å². The van der Waals surface area contributed by atoms with Crippen LogP contribution in [0.3, 0.4) is 0 Å². The topological polar surface area (TPSA) is 161 Å². The molecule has 0 fully saturated rings. The van der Waals surface area contributed by atoms with E-state index in [1.165, 1.54) is 51.4 Å². The molecular weight excluding hydrogens is 785 g/mol. The molecule has 0 aliphatic rings. The second-order valence-corrected chi connectivity index (χ2v) is 16.0. The van der Waals surface area contributed by atoms with E-state index >= 15 is 0 Å². The molecule has 0 unspecified atom stereocenters. The fourth-order valence-corrected chi connectivity index (χ4v) is 5.93. The third kappa shape index (κ3) is 43.9. The molecule has 0 aromatic carbocycles. The summed E-state index contributed by atoms with van der Waals surface area (Å²) < 4.78 is 52.6. The van der Waals surface area contributed by atoms with Crippen molar-refractivity contribution in [1.29, 1.82) is 0 Å². The number of carbonyl (C=O) groups excluding carboxylic acids is 4. The number of ether oxygens (including phenoxy) is 10. The van der Waals surface area contributed by atoms with Gasteiger partial charge in [0.1, 0.15) is 19.8 Å². The van der Waals surface area contributed by atoms with Crippen molar-refractivity contribution in [2.24, 2.45) is 23.7 Å². The second-order valence-electron chi connectivity index (χ2n) is 15.6. The number of hydrogen-bond donors (Lipinski definition) is 1. The van der Waals surface area contributed by atoms with E-state index in [4.69, 9.17) is 47.4 Å². The Morgan fingerprint density at radius 2 is 0.593 bits per heavy atom. The quantitative estimate of drug-likeness (QED) is 0.0283. The van der Waals surface area contributed by atoms with E-state index in [1.807, 2.05) is 0 Å². The van der Waals surface area contributed by atoms with Gasteiger partial charge in [-0.1, -0.05) is 92.4 Å². The molecule has 0 spiro atoms. The van der Waals surface area contributed by atoms with Crippen molar-refractivity contribution >= 4 is 36.5 Å². The molecule has 0 bridgehead atoms. The number of carbonyl (C=O) groups is 4. The number of esters is 4. The van der Waals surface area contributed by atoms with Gasteiger partial charge in [-0.3, -0.25) is 19.2 Å². The lowest BCUT2D eigenvalue weighted by Gasteiger charge is -2.16. The fraction of sp³-hybridized carbons (Fsp3) is 0.909. The Morgan fingerprint density at radius 1 is 0.339 bits per heavy atom. The van der Waals surface area contributed by atoms with Crippen LogP contribution in [0, 0.1) is 23.7 Å². The molecule has 0 aromatic heterocycles. The Morgan fingerprint density at radius 3 is 0.898 bits per heavy atom. The predicted molar refractivity (Wildman–Crippen MR) is 230 cm³/mol. The number of thiol groups is 1. The first-order chi connectivity index (χ1) is 28.5. The summed E-state index contributed by atoms with van der Waals surface area (Å²) >= 11 is 4.05. The van der Waals surface area contributed by atoms with E-state index in [-0.39, 0.29) is 71.3 Å². The van der Waals surface area contributed by atoms with Crippen molar-refractivity contribution in [1.82, 2.24) is 0 Å². The summed E-state index contributed by atoms with van der Waals surface area (Å²) in [6, 6.07) is 0. The molecule has 14 nitrogen and oxygen atoms in total. The molecule has 3 atom stereocenters. The van der Waals surface area contributed by atoms with Gasteiger partial charge in [-0.15, -0.1) is 0 Å². The highest BCUT2D eigenvalue weighted by molar-refractivity contribution is 7.80. The van der Waals surface area contributed by atoms with Crippen LogP contribution in [0.15, 0.2) is 0 Å². The standard InChI is InChI=1S/C44H82O14S/c1-37(2)9-6-10-38(3)11-7-12-39(4)13-8-14-40(5)19-20-55-41(45)15-16-42(46)56-32-29-51-24-21-49-22-25-52-30-33-57-43(47)17-18-44(48)58-34-31-53-26-23-50-27-28-54-35-36-59/h37-40,59H,6-36H2,1-5H3/t38-,39-,40+/m1/s1. The second kappa shape index (κ2) is 42.7. The zero-order valence-corrected chi connectivity index (χ0v) is 38.3. The van der Waals surface area contributed by atoms with E-state index in [9.17, 15) is 19.2 Å². The highest BCUT2D eigenvalue weighted by Crippen LogP contribution is 2.22. The highest BCUT2D eigenvalue weighted by Gasteiger charge is 2.12. The van der Waals surface area contributed by atoms with Crippen molar-refractivity contribution in [2.75, 3.05) is 111 Å². The maximum atomic E-state index is 12.1. The third-order valence-corrected chi connectivity index (χ3v) is 9.58. The first-order valence-electron chi connectivity index (χ1n) is 22.2. The molecule has 59 heavy (non-hydrogen) atoms. The third-order valence-electron chi connectivity index (χ3n) is 9.40. The summed E-state index contributed by atoms with van der Waals surface area (Å²) in [6.07, 6.45) is 12.3. The van der Waals surface area contributed by atoms with Crippen LogP contribution in [-0.2, 0) is 66.5 Å². The minimum absolute atomic E-state index is 0.000606. The normalized spacial score (nSPS) is 12.9. The first kappa shape index (κ1) is 57.0. The maximum Gasteiger partial charge on any atom is 0.306 e. The Labute approximate surface area is 361 Å². The zero-order chi connectivity index (χ0) is 43.6. The summed E-state index contributed by atoms with van der Waals surface area (Å²) in [5.41, 5.74) is 0. The molecule has 0 radical (unpaired) electrons. The molecule has 0 saturated carbocycles. The van der Waals surface area contributed by atoms with Gasteiger partial charge >= 0.3 is 23.9 Å². The van der Waals surface area contributed by atoms with Gasteiger partial charge in [0.2, 0.25) is 0 Å². The summed E-state index contributed by atoms with van der Waals surface area (Å²) in [5, 5.41) is 0. The maximum absolute atomic E-state index is 12.1. The highest BCUT2D eigenvalue weighted by atomic mass is 32.1. The molecule has 15 heteroatoms. The first-order valence-corrected chi connectivity index (χ1v) is 22.9.